The molecule has 0 aliphatic carbocycles. The van der Waals surface area contributed by atoms with Crippen molar-refractivity contribution in [2.45, 2.75) is 242 Å². The van der Waals surface area contributed by atoms with E-state index in [1.165, 1.54) is 6.92 Å². The number of aliphatic hydroxyl groups excluding tert-OH is 17. The summed E-state index contributed by atoms with van der Waals surface area (Å²) in [6.07, 6.45) is -55.4. The number of ether oxygens (including phenoxy) is 11. The van der Waals surface area contributed by atoms with E-state index in [9.17, 15) is 126 Å². The van der Waals surface area contributed by atoms with Crippen LogP contribution in [0.25, 0.3) is 0 Å². The van der Waals surface area contributed by atoms with Crippen molar-refractivity contribution in [2.75, 3.05) is 39.6 Å². The topological polar surface area (TPSA) is 636 Å². The third kappa shape index (κ3) is 16.9. The van der Waals surface area contributed by atoms with Gasteiger partial charge in [0.2, 0.25) is 23.6 Å². The molecular weight excluding hydrogens is 1240 g/mol. The molecule has 6 saturated heterocycles. The zero-order chi connectivity index (χ0) is 68.0. The van der Waals surface area contributed by atoms with Gasteiger partial charge in [-0.25, -0.2) is 9.59 Å². The smallest absolute Gasteiger partial charge is 0.364 e. The molecule has 6 heterocycles. The van der Waals surface area contributed by atoms with E-state index in [2.05, 4.69) is 21.3 Å². The highest BCUT2D eigenvalue weighted by atomic mass is 16.8. The molecule has 6 aliphatic rings. The Labute approximate surface area is 515 Å². The Hall–Kier alpha value is -4.30. The molecular formula is C51H84N4O36. The molecule has 4 amide bonds. The van der Waals surface area contributed by atoms with Gasteiger partial charge in [0.05, 0.1) is 76.1 Å². The molecule has 0 saturated carbocycles. The number of rotatable bonds is 26. The minimum absolute atomic E-state index is 0.749. The highest BCUT2D eigenvalue weighted by Gasteiger charge is 2.63. The van der Waals surface area contributed by atoms with Crippen LogP contribution in [0, 0.1) is 0 Å². The normalized spacial score (nSPS) is 43.5. The van der Waals surface area contributed by atoms with Gasteiger partial charge in [0.25, 0.3) is 11.6 Å². The van der Waals surface area contributed by atoms with Crippen molar-refractivity contribution >= 4 is 35.6 Å². The summed E-state index contributed by atoms with van der Waals surface area (Å²) < 4.78 is 64.0. The number of hydrogen-bond donors (Lipinski definition) is 23. The molecule has 40 heteroatoms. The zero-order valence-corrected chi connectivity index (χ0v) is 49.4. The Bertz CT molecular complexity index is 2450. The average Bonchev–Trinajstić information content (AvgIpc) is 0.773. The van der Waals surface area contributed by atoms with E-state index in [4.69, 9.17) is 52.1 Å². The Balaban J connectivity index is 1.23. The second-order valence-corrected chi connectivity index (χ2v) is 22.9. The lowest BCUT2D eigenvalue weighted by Crippen LogP contribution is -2.71. The van der Waals surface area contributed by atoms with E-state index in [1.54, 1.807) is 0 Å². The number of aliphatic hydroxyl groups is 17. The first kappa shape index (κ1) is 75.7. The number of nitrogens with one attached hydrogen (secondary N) is 4. The predicted molar refractivity (Wildman–Crippen MR) is 283 cm³/mol. The molecule has 0 bridgehead atoms. The molecule has 23 N–H and O–H groups in total. The van der Waals surface area contributed by atoms with E-state index in [0.29, 0.717) is 0 Å². The highest BCUT2D eigenvalue weighted by molar-refractivity contribution is 5.78. The Morgan fingerprint density at radius 1 is 0.462 bits per heavy atom. The van der Waals surface area contributed by atoms with E-state index >= 15 is 0 Å². The van der Waals surface area contributed by atoms with Gasteiger partial charge in [-0.05, 0) is 6.92 Å². The highest BCUT2D eigenvalue weighted by Crippen LogP contribution is 2.41. The molecule has 0 spiro atoms. The van der Waals surface area contributed by atoms with Crippen LogP contribution >= 0.6 is 0 Å². The van der Waals surface area contributed by atoms with Crippen LogP contribution in [-0.2, 0) is 80.9 Å². The summed E-state index contributed by atoms with van der Waals surface area (Å²) >= 11 is 0. The van der Waals surface area contributed by atoms with Crippen LogP contribution in [-0.4, -0.2) is 367 Å². The van der Waals surface area contributed by atoms with E-state index in [-0.39, 0.29) is 0 Å². The molecule has 0 radical (unpaired) electrons. The fourth-order valence-corrected chi connectivity index (χ4v) is 11.7. The third-order valence-electron chi connectivity index (χ3n) is 16.2. The molecule has 0 aromatic carbocycles. The number of carboxylic acid groups (broad SMARTS) is 2. The van der Waals surface area contributed by atoms with Crippen molar-refractivity contribution in [3.8, 4) is 0 Å². The molecule has 0 aromatic heterocycles. The number of carbonyl (C=O) groups is 6. The fourth-order valence-electron chi connectivity index (χ4n) is 11.7. The monoisotopic (exact) mass is 1330 g/mol. The van der Waals surface area contributed by atoms with E-state index < -0.39 is 283 Å². The first-order chi connectivity index (χ1) is 42.6. The molecule has 6 aliphatic heterocycles. The minimum atomic E-state index is -3.20. The van der Waals surface area contributed by atoms with Gasteiger partial charge in [0.1, 0.15) is 128 Å². The van der Waals surface area contributed by atoms with Crippen molar-refractivity contribution in [1.82, 2.24) is 21.3 Å². The number of carbonyl (C=O) groups excluding carboxylic acids is 4. The van der Waals surface area contributed by atoms with Gasteiger partial charge in [-0.1, -0.05) is 0 Å². The van der Waals surface area contributed by atoms with Crippen molar-refractivity contribution < 1.29 is 178 Å². The summed E-state index contributed by atoms with van der Waals surface area (Å²) in [5, 5.41) is 216. The number of carboxylic acids is 2. The number of amides is 4. The maximum absolute atomic E-state index is 13.1. The standard InChI is InChI=1S/C51H84N4O36/c1-14-27(52-15(2)61)40(87-47-38(76)44(34(72)24(11-59)84-47)91-51(49(79)80)7-20(66)29(54-17(4)63)42(89-51)32(70)22(68)9-57)35(73)26(82-14)13-81-45-30(55-18(5)64)36(74)39(25(12-60)85-45)86-46-37(75)43(33(71)23(10-58)83-46)90-50(48(77)78)6-19(65)28(53-16(3)62)41(88-50)31(69)21(67)8-56/h14,19-47,56-60,65-76H,6-13H2,1-5H3,(H,52,61)(H,53,62)(H,54,63)(H,55,64)(H,77,78)(H,79,80)/t14-,19?,20?,21-,22-,23?,24?,25?,26?,27?,28-,29-,30?,31-,32-,33+,34+,35+,36-,37?,38?,39-,40-,41?,42?,43+,44+,45-,46+,47+,50+,51+/m1/s1. The molecule has 524 valence electrons. The van der Waals surface area contributed by atoms with Crippen LogP contribution in [0.3, 0.4) is 0 Å². The summed E-state index contributed by atoms with van der Waals surface area (Å²) in [5.41, 5.74) is 0. The Morgan fingerprint density at radius 3 is 1.20 bits per heavy atom. The summed E-state index contributed by atoms with van der Waals surface area (Å²) in [4.78, 5) is 75.7. The lowest BCUT2D eigenvalue weighted by molar-refractivity contribution is -0.383. The fraction of sp³-hybridized carbons (Fsp3) is 0.882. The maximum Gasteiger partial charge on any atom is 0.364 e. The van der Waals surface area contributed by atoms with Gasteiger partial charge < -0.3 is 170 Å². The summed E-state index contributed by atoms with van der Waals surface area (Å²) in [7, 11) is 0. The predicted octanol–water partition coefficient (Wildman–Crippen LogP) is -14.0. The molecule has 6 rings (SSSR count). The van der Waals surface area contributed by atoms with Crippen molar-refractivity contribution in [3.63, 3.8) is 0 Å². The minimum Gasteiger partial charge on any atom is -0.477 e. The maximum atomic E-state index is 13.1. The van der Waals surface area contributed by atoms with Crippen LogP contribution in [0.1, 0.15) is 47.5 Å². The molecule has 6 fully saturated rings. The van der Waals surface area contributed by atoms with Crippen molar-refractivity contribution in [1.29, 1.82) is 0 Å². The summed E-state index contributed by atoms with van der Waals surface area (Å²) in [6.45, 7) is -1.09. The third-order valence-corrected chi connectivity index (χ3v) is 16.2. The lowest BCUT2D eigenvalue weighted by Gasteiger charge is -2.51. The SMILES string of the molecule is CC(=O)NC1[C@H](OCC2O[C@H](C)C(NC(C)=O)[C@@H](O[C@@H]3OC(CO)[C@H](O)[C@H](O[C@]4(C(=O)O)CC(O)[C@@H](NC(C)=O)C([C@H](O)[C@H](O)CO)O4)C3O)[C@H]2O)OC(CO)[C@@H](O[C@@H]2OC(CO)[C@H](O)[C@H](O[C@]3(C(=O)O)CC(O)[C@@H](NC(C)=O)C([C@H](O)[C@H](O)CO)O3)C2O)[C@@H]1O. The molecule has 40 nitrogen and oxygen atoms in total. The molecule has 12 unspecified atom stereocenters. The van der Waals surface area contributed by atoms with E-state index in [0.717, 1.165) is 27.7 Å². The molecule has 32 atom stereocenters. The Kier molecular flexibility index (Phi) is 26.6. The first-order valence-corrected chi connectivity index (χ1v) is 28.7. The van der Waals surface area contributed by atoms with Crippen molar-refractivity contribution in [2.24, 2.45) is 0 Å². The van der Waals surface area contributed by atoms with Gasteiger partial charge >= 0.3 is 11.9 Å². The largest absolute Gasteiger partial charge is 0.477 e. The first-order valence-electron chi connectivity index (χ1n) is 28.7. The lowest BCUT2D eigenvalue weighted by atomic mass is 9.88. The van der Waals surface area contributed by atoms with Gasteiger partial charge in [-0.3, -0.25) is 19.2 Å². The quantitative estimate of drug-likeness (QED) is 0.0382. The van der Waals surface area contributed by atoms with E-state index in [1.807, 2.05) is 0 Å². The average molecular weight is 1330 g/mol. The Morgan fingerprint density at radius 2 is 0.824 bits per heavy atom. The second kappa shape index (κ2) is 32.0. The van der Waals surface area contributed by atoms with Crippen LogP contribution in [0.5, 0.6) is 0 Å². The van der Waals surface area contributed by atoms with Crippen LogP contribution in [0.15, 0.2) is 0 Å². The van der Waals surface area contributed by atoms with Crippen LogP contribution in [0.2, 0.25) is 0 Å². The second-order valence-electron chi connectivity index (χ2n) is 22.9. The number of hydrogen-bond acceptors (Lipinski definition) is 34. The molecule has 91 heavy (non-hydrogen) atoms. The van der Waals surface area contributed by atoms with Gasteiger partial charge in [-0.15, -0.1) is 0 Å². The van der Waals surface area contributed by atoms with Gasteiger partial charge in [0, 0.05) is 40.5 Å². The van der Waals surface area contributed by atoms with Crippen molar-refractivity contribution in [3.05, 3.63) is 0 Å². The van der Waals surface area contributed by atoms with Crippen LogP contribution in [0.4, 0.5) is 0 Å². The van der Waals surface area contributed by atoms with Gasteiger partial charge in [0.15, 0.2) is 18.9 Å². The summed E-state index contributed by atoms with van der Waals surface area (Å²) in [6, 6.07) is -6.53. The van der Waals surface area contributed by atoms with Crippen LogP contribution < -0.4 is 21.3 Å². The molecule has 0 aromatic rings. The zero-order valence-electron chi connectivity index (χ0n) is 49.4. The van der Waals surface area contributed by atoms with Gasteiger partial charge in [-0.2, -0.15) is 0 Å². The summed E-state index contributed by atoms with van der Waals surface area (Å²) in [5.74, 6) is -13.8. The number of aliphatic carboxylic acids is 2.